The molecule has 2 aromatic rings. The first-order valence-corrected chi connectivity index (χ1v) is 7.90. The number of aromatic carboxylic acids is 1. The molecule has 1 fully saturated rings. The van der Waals surface area contributed by atoms with Crippen LogP contribution < -0.4 is 0 Å². The molecule has 1 aromatic carbocycles. The summed E-state index contributed by atoms with van der Waals surface area (Å²) in [6, 6.07) is 5.84. The van der Waals surface area contributed by atoms with Gasteiger partial charge in [-0.3, -0.25) is 0 Å². The van der Waals surface area contributed by atoms with Crippen LogP contribution in [0, 0.1) is 5.92 Å². The molecule has 1 heterocycles. The van der Waals surface area contributed by atoms with Crippen LogP contribution in [0.2, 0.25) is 0 Å². The van der Waals surface area contributed by atoms with Crippen LogP contribution >= 0.6 is 0 Å². The van der Waals surface area contributed by atoms with E-state index in [4.69, 9.17) is 4.98 Å². The number of aryl methyl sites for hydroxylation is 1. The topological polar surface area (TPSA) is 55.1 Å². The number of carboxylic acids is 1. The van der Waals surface area contributed by atoms with Crippen molar-refractivity contribution in [3.63, 3.8) is 0 Å². The molecule has 1 N–H and O–H groups in total. The molecule has 0 aliphatic heterocycles. The summed E-state index contributed by atoms with van der Waals surface area (Å²) in [6.07, 6.45) is 5.48. The largest absolute Gasteiger partial charge is 0.478 e. The summed E-state index contributed by atoms with van der Waals surface area (Å²) in [5.74, 6) is 0.868. The smallest absolute Gasteiger partial charge is 0.337 e. The van der Waals surface area contributed by atoms with Crippen LogP contribution in [0.25, 0.3) is 11.0 Å². The van der Waals surface area contributed by atoms with Gasteiger partial charge < -0.3 is 9.67 Å². The third kappa shape index (κ3) is 2.43. The lowest BCUT2D eigenvalue weighted by molar-refractivity contribution is 0.0698. The van der Waals surface area contributed by atoms with Gasteiger partial charge in [-0.05, 0) is 37.3 Å². The summed E-state index contributed by atoms with van der Waals surface area (Å²) in [6.45, 7) is 4.34. The van der Waals surface area contributed by atoms with Crippen LogP contribution in [-0.4, -0.2) is 20.6 Å². The van der Waals surface area contributed by atoms with E-state index >= 15 is 0 Å². The normalized spacial score (nSPS) is 20.9. The molecule has 3 rings (SSSR count). The van der Waals surface area contributed by atoms with E-state index in [0.717, 1.165) is 36.1 Å². The maximum absolute atomic E-state index is 11.5. The second-order valence-electron chi connectivity index (χ2n) is 5.98. The number of fused-ring (bicyclic) bond motifs is 1. The minimum atomic E-state index is -0.863. The van der Waals surface area contributed by atoms with Crippen molar-refractivity contribution in [3.05, 3.63) is 29.6 Å². The fourth-order valence-corrected chi connectivity index (χ4v) is 3.36. The van der Waals surface area contributed by atoms with E-state index in [1.807, 2.05) is 6.07 Å². The van der Waals surface area contributed by atoms with Gasteiger partial charge in [-0.1, -0.05) is 26.3 Å². The molecule has 4 heteroatoms. The molecular formula is C17H22N2O2. The Morgan fingerprint density at radius 3 is 2.86 bits per heavy atom. The Bertz CT molecular complexity index is 675. The Kier molecular flexibility index (Phi) is 3.70. The lowest BCUT2D eigenvalue weighted by atomic mass is 10.1. The number of para-hydroxylation sites is 1. The second kappa shape index (κ2) is 5.51. The van der Waals surface area contributed by atoms with E-state index in [-0.39, 0.29) is 0 Å². The molecule has 0 saturated heterocycles. The Morgan fingerprint density at radius 2 is 2.19 bits per heavy atom. The number of hydrogen-bond donors (Lipinski definition) is 1. The molecule has 21 heavy (non-hydrogen) atoms. The summed E-state index contributed by atoms with van der Waals surface area (Å²) in [5.41, 5.74) is 2.02. The molecule has 1 saturated carbocycles. The lowest BCUT2D eigenvalue weighted by Crippen LogP contribution is -2.07. The third-order valence-electron chi connectivity index (χ3n) is 4.36. The molecule has 0 bridgehead atoms. The first-order chi connectivity index (χ1) is 10.2. The summed E-state index contributed by atoms with van der Waals surface area (Å²) in [5, 5.41) is 9.48. The van der Waals surface area contributed by atoms with Gasteiger partial charge in [-0.15, -0.1) is 0 Å². The van der Waals surface area contributed by atoms with Crippen LogP contribution in [0.4, 0.5) is 0 Å². The summed E-state index contributed by atoms with van der Waals surface area (Å²) in [4.78, 5) is 16.2. The number of imidazole rings is 1. The summed E-state index contributed by atoms with van der Waals surface area (Å²) in [7, 11) is 0. The fraction of sp³-hybridized carbons (Fsp3) is 0.529. The molecular weight excluding hydrogens is 264 g/mol. The van der Waals surface area contributed by atoms with Crippen molar-refractivity contribution >= 4 is 17.0 Å². The molecule has 2 atom stereocenters. The van der Waals surface area contributed by atoms with Gasteiger partial charge in [0, 0.05) is 12.5 Å². The van der Waals surface area contributed by atoms with Crippen molar-refractivity contribution in [2.24, 2.45) is 5.92 Å². The standard InChI is InChI=1S/C17H22N2O2/c1-3-6-11-10-14(11)19-15(7-4-2)18-13-9-5-8-12(16(13)19)17(20)21/h5,8-9,11,14H,3-4,6-7,10H2,1-2H3,(H,20,21). The van der Waals surface area contributed by atoms with E-state index in [2.05, 4.69) is 18.4 Å². The number of carboxylic acid groups (broad SMARTS) is 1. The van der Waals surface area contributed by atoms with Gasteiger partial charge in [0.25, 0.3) is 0 Å². The number of rotatable bonds is 6. The quantitative estimate of drug-likeness (QED) is 0.871. The lowest BCUT2D eigenvalue weighted by Gasteiger charge is -2.10. The number of benzene rings is 1. The Hall–Kier alpha value is -1.84. The maximum atomic E-state index is 11.5. The summed E-state index contributed by atoms with van der Waals surface area (Å²) < 4.78 is 2.22. The SMILES string of the molecule is CCCc1nc2cccc(C(=O)O)c2n1C1CC1CCC. The van der Waals surface area contributed by atoms with Gasteiger partial charge in [-0.2, -0.15) is 0 Å². The molecule has 4 nitrogen and oxygen atoms in total. The third-order valence-corrected chi connectivity index (χ3v) is 4.36. The number of hydrogen-bond acceptors (Lipinski definition) is 2. The van der Waals surface area contributed by atoms with Crippen molar-refractivity contribution in [2.75, 3.05) is 0 Å². The van der Waals surface area contributed by atoms with E-state index in [1.165, 1.54) is 12.8 Å². The molecule has 0 amide bonds. The second-order valence-corrected chi connectivity index (χ2v) is 5.98. The number of carbonyl (C=O) groups is 1. The predicted molar refractivity (Wildman–Crippen MR) is 82.7 cm³/mol. The monoisotopic (exact) mass is 286 g/mol. The van der Waals surface area contributed by atoms with E-state index in [1.54, 1.807) is 12.1 Å². The van der Waals surface area contributed by atoms with Crippen LogP contribution in [-0.2, 0) is 6.42 Å². The highest BCUT2D eigenvalue weighted by molar-refractivity contribution is 6.01. The zero-order valence-electron chi connectivity index (χ0n) is 12.7. The van der Waals surface area contributed by atoms with E-state index < -0.39 is 5.97 Å². The fourth-order valence-electron chi connectivity index (χ4n) is 3.36. The van der Waals surface area contributed by atoms with Gasteiger partial charge in [0.05, 0.1) is 16.6 Å². The van der Waals surface area contributed by atoms with Gasteiger partial charge in [-0.25, -0.2) is 9.78 Å². The molecule has 0 radical (unpaired) electrons. The van der Waals surface area contributed by atoms with Crippen molar-refractivity contribution in [1.29, 1.82) is 0 Å². The summed E-state index contributed by atoms with van der Waals surface area (Å²) >= 11 is 0. The Labute approximate surface area is 124 Å². The highest BCUT2D eigenvalue weighted by Gasteiger charge is 2.40. The van der Waals surface area contributed by atoms with Gasteiger partial charge in [0.1, 0.15) is 5.82 Å². The zero-order valence-corrected chi connectivity index (χ0v) is 12.7. The van der Waals surface area contributed by atoms with Crippen LogP contribution in [0.5, 0.6) is 0 Å². The first-order valence-electron chi connectivity index (χ1n) is 7.90. The molecule has 1 aliphatic carbocycles. The minimum absolute atomic E-state index is 0.379. The highest BCUT2D eigenvalue weighted by atomic mass is 16.4. The van der Waals surface area contributed by atoms with Crippen LogP contribution in [0.1, 0.15) is 61.8 Å². The van der Waals surface area contributed by atoms with Crippen LogP contribution in [0.3, 0.4) is 0 Å². The average Bonchev–Trinajstić information content (AvgIpc) is 3.10. The van der Waals surface area contributed by atoms with Crippen LogP contribution in [0.15, 0.2) is 18.2 Å². The van der Waals surface area contributed by atoms with Gasteiger partial charge in [0.15, 0.2) is 0 Å². The molecule has 1 aromatic heterocycles. The van der Waals surface area contributed by atoms with Crippen molar-refractivity contribution in [2.45, 2.75) is 52.0 Å². The maximum Gasteiger partial charge on any atom is 0.337 e. The van der Waals surface area contributed by atoms with E-state index in [9.17, 15) is 9.90 Å². The van der Waals surface area contributed by atoms with E-state index in [0.29, 0.717) is 17.5 Å². The number of aromatic nitrogens is 2. The highest BCUT2D eigenvalue weighted by Crippen LogP contribution is 2.48. The predicted octanol–water partition coefficient (Wildman–Crippen LogP) is 4.05. The van der Waals surface area contributed by atoms with Gasteiger partial charge in [0.2, 0.25) is 0 Å². The molecule has 0 spiro atoms. The van der Waals surface area contributed by atoms with Crippen molar-refractivity contribution in [3.8, 4) is 0 Å². The first kappa shape index (κ1) is 14.1. The zero-order chi connectivity index (χ0) is 15.0. The van der Waals surface area contributed by atoms with Crippen molar-refractivity contribution in [1.82, 2.24) is 9.55 Å². The Morgan fingerprint density at radius 1 is 1.38 bits per heavy atom. The molecule has 1 aliphatic rings. The number of nitrogens with zero attached hydrogens (tertiary/aromatic N) is 2. The molecule has 2 unspecified atom stereocenters. The Balaban J connectivity index is 2.14. The average molecular weight is 286 g/mol. The minimum Gasteiger partial charge on any atom is -0.478 e. The molecule has 112 valence electrons. The van der Waals surface area contributed by atoms with Crippen molar-refractivity contribution < 1.29 is 9.90 Å². The van der Waals surface area contributed by atoms with Gasteiger partial charge >= 0.3 is 5.97 Å².